The van der Waals surface area contributed by atoms with Crippen LogP contribution in [0.15, 0.2) is 72.8 Å². The average Bonchev–Trinajstić information content (AvgIpc) is 2.71. The first kappa shape index (κ1) is 19.6. The number of rotatable bonds is 8. The molecule has 0 saturated carbocycles. The predicted molar refractivity (Wildman–Crippen MR) is 114 cm³/mol. The molecular formula is C24H26ClNO. The summed E-state index contributed by atoms with van der Waals surface area (Å²) in [6, 6.07) is 24.8. The largest absolute Gasteiger partial charge is 0.387 e. The summed E-state index contributed by atoms with van der Waals surface area (Å²) in [5, 5.41) is 14.2. The van der Waals surface area contributed by atoms with E-state index in [1.165, 1.54) is 22.3 Å². The molecule has 3 rings (SSSR count). The van der Waals surface area contributed by atoms with Crippen molar-refractivity contribution >= 4 is 11.6 Å². The molecule has 0 bridgehead atoms. The highest BCUT2D eigenvalue weighted by molar-refractivity contribution is 6.30. The van der Waals surface area contributed by atoms with Crippen LogP contribution in [-0.2, 0) is 12.8 Å². The fourth-order valence-corrected chi connectivity index (χ4v) is 3.30. The molecule has 0 amide bonds. The molecule has 2 N–H and O–H groups in total. The molecule has 3 heteroatoms. The van der Waals surface area contributed by atoms with E-state index < -0.39 is 6.10 Å². The van der Waals surface area contributed by atoms with Crippen LogP contribution in [0.4, 0.5) is 0 Å². The minimum absolute atomic E-state index is 0.516. The lowest BCUT2D eigenvalue weighted by Crippen LogP contribution is -2.23. The van der Waals surface area contributed by atoms with Gasteiger partial charge in [0.2, 0.25) is 0 Å². The zero-order valence-corrected chi connectivity index (χ0v) is 16.4. The first-order valence-electron chi connectivity index (χ1n) is 9.48. The van der Waals surface area contributed by atoms with Gasteiger partial charge in [0, 0.05) is 11.6 Å². The number of benzene rings is 3. The van der Waals surface area contributed by atoms with Gasteiger partial charge in [0.1, 0.15) is 0 Å². The number of aliphatic hydroxyl groups is 1. The standard InChI is InChI=1S/C24H26ClNO/c1-2-18-6-10-20(11-7-18)21-12-8-19(9-13-21)14-15-26-17-24(27)22-4-3-5-23(25)16-22/h3-13,16,24,26-27H,2,14-15,17H2,1H3. The molecule has 0 aromatic heterocycles. The van der Waals surface area contributed by atoms with Crippen LogP contribution in [0.1, 0.15) is 29.7 Å². The number of hydrogen-bond donors (Lipinski definition) is 2. The molecule has 3 aromatic rings. The van der Waals surface area contributed by atoms with Crippen LogP contribution in [-0.4, -0.2) is 18.2 Å². The van der Waals surface area contributed by atoms with Crippen LogP contribution in [0.3, 0.4) is 0 Å². The van der Waals surface area contributed by atoms with Crippen molar-refractivity contribution in [2.24, 2.45) is 0 Å². The number of nitrogens with one attached hydrogen (secondary N) is 1. The highest BCUT2D eigenvalue weighted by Gasteiger charge is 2.07. The highest BCUT2D eigenvalue weighted by atomic mass is 35.5. The average molecular weight is 380 g/mol. The summed E-state index contributed by atoms with van der Waals surface area (Å²) < 4.78 is 0. The monoisotopic (exact) mass is 379 g/mol. The SMILES string of the molecule is CCc1ccc(-c2ccc(CCNCC(O)c3cccc(Cl)c3)cc2)cc1. The summed E-state index contributed by atoms with van der Waals surface area (Å²) in [6.45, 7) is 3.51. The van der Waals surface area contributed by atoms with E-state index in [-0.39, 0.29) is 0 Å². The van der Waals surface area contributed by atoms with E-state index in [1.54, 1.807) is 6.07 Å². The molecule has 0 aliphatic heterocycles. The summed E-state index contributed by atoms with van der Waals surface area (Å²) in [5.41, 5.74) is 5.98. The van der Waals surface area contributed by atoms with Crippen LogP contribution in [0, 0.1) is 0 Å². The summed E-state index contributed by atoms with van der Waals surface area (Å²) in [4.78, 5) is 0. The van der Waals surface area contributed by atoms with Crippen LogP contribution < -0.4 is 5.32 Å². The minimum atomic E-state index is -0.544. The third kappa shape index (κ3) is 5.67. The fourth-order valence-electron chi connectivity index (χ4n) is 3.10. The Hall–Kier alpha value is -2.13. The second kappa shape index (κ2) is 9.70. The van der Waals surface area contributed by atoms with Gasteiger partial charge in [0.25, 0.3) is 0 Å². The van der Waals surface area contributed by atoms with Gasteiger partial charge in [-0.1, -0.05) is 79.2 Å². The first-order chi connectivity index (χ1) is 13.2. The molecule has 2 nitrogen and oxygen atoms in total. The Bertz CT molecular complexity index is 843. The number of aliphatic hydroxyl groups excluding tert-OH is 1. The van der Waals surface area contributed by atoms with Crippen molar-refractivity contribution in [1.82, 2.24) is 5.32 Å². The summed E-state index contributed by atoms with van der Waals surface area (Å²) in [7, 11) is 0. The fraction of sp³-hybridized carbons (Fsp3) is 0.250. The van der Waals surface area contributed by atoms with Crippen molar-refractivity contribution in [3.05, 3.63) is 94.5 Å². The molecule has 1 unspecified atom stereocenters. The van der Waals surface area contributed by atoms with E-state index in [1.807, 2.05) is 18.2 Å². The van der Waals surface area contributed by atoms with Crippen molar-refractivity contribution in [2.45, 2.75) is 25.9 Å². The molecule has 0 fully saturated rings. The Balaban J connectivity index is 1.47. The van der Waals surface area contributed by atoms with Gasteiger partial charge >= 0.3 is 0 Å². The van der Waals surface area contributed by atoms with E-state index >= 15 is 0 Å². The molecule has 0 radical (unpaired) electrons. The molecule has 0 aliphatic rings. The lowest BCUT2D eigenvalue weighted by atomic mass is 10.0. The maximum absolute atomic E-state index is 10.2. The van der Waals surface area contributed by atoms with Gasteiger partial charge in [-0.2, -0.15) is 0 Å². The van der Waals surface area contributed by atoms with Gasteiger partial charge in [0.05, 0.1) is 6.10 Å². The van der Waals surface area contributed by atoms with E-state index in [0.29, 0.717) is 11.6 Å². The van der Waals surface area contributed by atoms with Gasteiger partial charge in [-0.3, -0.25) is 0 Å². The smallest absolute Gasteiger partial charge is 0.0914 e. The Morgan fingerprint density at radius 1 is 0.889 bits per heavy atom. The van der Waals surface area contributed by atoms with E-state index in [9.17, 15) is 5.11 Å². The van der Waals surface area contributed by atoms with Crippen molar-refractivity contribution in [1.29, 1.82) is 0 Å². The zero-order chi connectivity index (χ0) is 19.1. The Morgan fingerprint density at radius 3 is 2.11 bits per heavy atom. The molecule has 3 aromatic carbocycles. The molecule has 140 valence electrons. The maximum Gasteiger partial charge on any atom is 0.0914 e. The predicted octanol–water partition coefficient (Wildman–Crippen LogP) is 5.44. The van der Waals surface area contributed by atoms with Gasteiger partial charge in [-0.15, -0.1) is 0 Å². The number of halogens is 1. The van der Waals surface area contributed by atoms with Crippen molar-refractivity contribution in [2.75, 3.05) is 13.1 Å². The van der Waals surface area contributed by atoms with Crippen molar-refractivity contribution in [3.8, 4) is 11.1 Å². The Kier molecular flexibility index (Phi) is 7.05. The van der Waals surface area contributed by atoms with Crippen LogP contribution in [0.25, 0.3) is 11.1 Å². The highest BCUT2D eigenvalue weighted by Crippen LogP contribution is 2.21. The molecule has 0 spiro atoms. The lowest BCUT2D eigenvalue weighted by molar-refractivity contribution is 0.175. The molecule has 0 saturated heterocycles. The van der Waals surface area contributed by atoms with Crippen molar-refractivity contribution < 1.29 is 5.11 Å². The van der Waals surface area contributed by atoms with E-state index in [2.05, 4.69) is 60.8 Å². The molecular weight excluding hydrogens is 354 g/mol. The quantitative estimate of drug-likeness (QED) is 0.511. The van der Waals surface area contributed by atoms with Gasteiger partial charge in [-0.25, -0.2) is 0 Å². The lowest BCUT2D eigenvalue weighted by Gasteiger charge is -2.12. The molecule has 0 aliphatic carbocycles. The van der Waals surface area contributed by atoms with Crippen LogP contribution in [0.5, 0.6) is 0 Å². The molecule has 1 atom stereocenters. The minimum Gasteiger partial charge on any atom is -0.387 e. The Labute approximate surface area is 166 Å². The van der Waals surface area contributed by atoms with Crippen molar-refractivity contribution in [3.63, 3.8) is 0 Å². The third-order valence-corrected chi connectivity index (χ3v) is 5.05. The second-order valence-corrected chi connectivity index (χ2v) is 7.21. The molecule has 27 heavy (non-hydrogen) atoms. The summed E-state index contributed by atoms with van der Waals surface area (Å²) in [5.74, 6) is 0. The van der Waals surface area contributed by atoms with Gasteiger partial charge in [-0.05, 0) is 59.3 Å². The normalized spacial score (nSPS) is 12.1. The zero-order valence-electron chi connectivity index (χ0n) is 15.7. The first-order valence-corrected chi connectivity index (χ1v) is 9.86. The second-order valence-electron chi connectivity index (χ2n) is 6.77. The van der Waals surface area contributed by atoms with Crippen LogP contribution in [0.2, 0.25) is 5.02 Å². The van der Waals surface area contributed by atoms with E-state index in [4.69, 9.17) is 11.6 Å². The summed E-state index contributed by atoms with van der Waals surface area (Å²) in [6.07, 6.45) is 1.45. The third-order valence-electron chi connectivity index (χ3n) is 4.81. The van der Waals surface area contributed by atoms with Gasteiger partial charge < -0.3 is 10.4 Å². The van der Waals surface area contributed by atoms with Crippen LogP contribution >= 0.6 is 11.6 Å². The maximum atomic E-state index is 10.2. The number of aryl methyl sites for hydroxylation is 1. The topological polar surface area (TPSA) is 32.3 Å². The summed E-state index contributed by atoms with van der Waals surface area (Å²) >= 11 is 5.97. The number of hydrogen-bond acceptors (Lipinski definition) is 2. The van der Waals surface area contributed by atoms with Gasteiger partial charge in [0.15, 0.2) is 0 Å². The Morgan fingerprint density at radius 2 is 1.52 bits per heavy atom. The molecule has 0 heterocycles. The van der Waals surface area contributed by atoms with E-state index in [0.717, 1.165) is 24.9 Å².